The average molecular weight is 250 g/mol. The molecule has 0 saturated carbocycles. The molecule has 1 aliphatic heterocycles. The predicted molar refractivity (Wildman–Crippen MR) is 72.8 cm³/mol. The molecule has 1 fully saturated rings. The van der Waals surface area contributed by atoms with E-state index in [1.54, 1.807) is 6.07 Å². The first-order valence-corrected chi connectivity index (χ1v) is 6.70. The number of likely N-dealkylation sites (tertiary alicyclic amines) is 1. The lowest BCUT2D eigenvalue weighted by molar-refractivity contribution is 0.0989. The van der Waals surface area contributed by atoms with Crippen LogP contribution in [0.15, 0.2) is 24.3 Å². The molecule has 3 heteroatoms. The summed E-state index contributed by atoms with van der Waals surface area (Å²) in [4.78, 5) is 2.36. The van der Waals surface area contributed by atoms with Crippen molar-refractivity contribution in [1.82, 2.24) is 4.90 Å². The maximum absolute atomic E-state index is 14.0. The van der Waals surface area contributed by atoms with Crippen molar-refractivity contribution in [3.05, 3.63) is 35.6 Å². The number of rotatable bonds is 3. The third-order valence-corrected chi connectivity index (χ3v) is 4.02. The molecule has 1 aliphatic rings. The standard InChI is InChI=1S/C15H23FN2/c1-11(17)14(12-7-4-5-8-13(12)16)18-10-6-9-15(18,2)3/h4-5,7-8,11,14H,6,9-10,17H2,1-3H3. The Morgan fingerprint density at radius 2 is 2.00 bits per heavy atom. The molecule has 2 rings (SSSR count). The van der Waals surface area contributed by atoms with Crippen LogP contribution in [0.1, 0.15) is 45.2 Å². The Labute approximate surface area is 109 Å². The molecule has 1 aromatic carbocycles. The van der Waals surface area contributed by atoms with Crippen LogP contribution in [0.3, 0.4) is 0 Å². The van der Waals surface area contributed by atoms with Gasteiger partial charge in [0, 0.05) is 17.1 Å². The average Bonchev–Trinajstić information content (AvgIpc) is 2.62. The zero-order chi connectivity index (χ0) is 13.3. The number of nitrogens with two attached hydrogens (primary N) is 1. The van der Waals surface area contributed by atoms with Gasteiger partial charge < -0.3 is 5.73 Å². The minimum Gasteiger partial charge on any atom is -0.326 e. The van der Waals surface area contributed by atoms with Crippen molar-refractivity contribution in [2.45, 2.75) is 51.2 Å². The van der Waals surface area contributed by atoms with Gasteiger partial charge in [0.15, 0.2) is 0 Å². The monoisotopic (exact) mass is 250 g/mol. The van der Waals surface area contributed by atoms with Crippen LogP contribution in [0.4, 0.5) is 4.39 Å². The van der Waals surface area contributed by atoms with Crippen LogP contribution in [-0.4, -0.2) is 23.0 Å². The van der Waals surface area contributed by atoms with Gasteiger partial charge in [0.1, 0.15) is 5.82 Å². The molecular formula is C15H23FN2. The fourth-order valence-electron chi connectivity index (χ4n) is 3.09. The van der Waals surface area contributed by atoms with Gasteiger partial charge >= 0.3 is 0 Å². The van der Waals surface area contributed by atoms with Crippen molar-refractivity contribution in [3.8, 4) is 0 Å². The number of halogens is 1. The zero-order valence-electron chi connectivity index (χ0n) is 11.5. The van der Waals surface area contributed by atoms with Crippen LogP contribution in [-0.2, 0) is 0 Å². The minimum absolute atomic E-state index is 0.0382. The SMILES string of the molecule is CC(N)C(c1ccccc1F)N1CCCC1(C)C. The first kappa shape index (κ1) is 13.5. The molecule has 1 heterocycles. The molecule has 18 heavy (non-hydrogen) atoms. The van der Waals surface area contributed by atoms with Crippen molar-refractivity contribution in [2.75, 3.05) is 6.54 Å². The van der Waals surface area contributed by atoms with E-state index < -0.39 is 0 Å². The van der Waals surface area contributed by atoms with E-state index in [0.717, 1.165) is 24.9 Å². The fraction of sp³-hybridized carbons (Fsp3) is 0.600. The molecule has 2 atom stereocenters. The Morgan fingerprint density at radius 1 is 1.33 bits per heavy atom. The van der Waals surface area contributed by atoms with E-state index in [0.29, 0.717) is 0 Å². The van der Waals surface area contributed by atoms with Crippen molar-refractivity contribution < 1.29 is 4.39 Å². The Morgan fingerprint density at radius 3 is 2.50 bits per heavy atom. The zero-order valence-corrected chi connectivity index (χ0v) is 11.5. The van der Waals surface area contributed by atoms with Gasteiger partial charge in [-0.2, -0.15) is 0 Å². The summed E-state index contributed by atoms with van der Waals surface area (Å²) >= 11 is 0. The van der Waals surface area contributed by atoms with E-state index in [-0.39, 0.29) is 23.4 Å². The highest BCUT2D eigenvalue weighted by Crippen LogP contribution is 2.38. The predicted octanol–water partition coefficient (Wildman–Crippen LogP) is 3.09. The summed E-state index contributed by atoms with van der Waals surface area (Å²) in [6.07, 6.45) is 2.30. The highest BCUT2D eigenvalue weighted by atomic mass is 19.1. The van der Waals surface area contributed by atoms with Crippen LogP contribution < -0.4 is 5.73 Å². The lowest BCUT2D eigenvalue weighted by Crippen LogP contribution is -2.47. The van der Waals surface area contributed by atoms with Gasteiger partial charge in [-0.05, 0) is 46.2 Å². The molecular weight excluding hydrogens is 227 g/mol. The third-order valence-electron chi connectivity index (χ3n) is 4.02. The quantitative estimate of drug-likeness (QED) is 0.893. The molecule has 0 aromatic heterocycles. The van der Waals surface area contributed by atoms with Crippen molar-refractivity contribution in [3.63, 3.8) is 0 Å². The van der Waals surface area contributed by atoms with Gasteiger partial charge in [0.2, 0.25) is 0 Å². The molecule has 2 N–H and O–H groups in total. The maximum atomic E-state index is 14.0. The molecule has 0 radical (unpaired) electrons. The van der Waals surface area contributed by atoms with Crippen LogP contribution in [0, 0.1) is 5.82 Å². The molecule has 0 bridgehead atoms. The first-order chi connectivity index (χ1) is 8.43. The van der Waals surface area contributed by atoms with Gasteiger partial charge in [-0.15, -0.1) is 0 Å². The van der Waals surface area contributed by atoms with Gasteiger partial charge in [0.05, 0.1) is 6.04 Å². The van der Waals surface area contributed by atoms with E-state index in [9.17, 15) is 4.39 Å². The second-order valence-electron chi connectivity index (χ2n) is 5.93. The van der Waals surface area contributed by atoms with Crippen molar-refractivity contribution in [2.24, 2.45) is 5.73 Å². The van der Waals surface area contributed by atoms with Crippen LogP contribution in [0.5, 0.6) is 0 Å². The number of hydrogen-bond donors (Lipinski definition) is 1. The second kappa shape index (κ2) is 4.98. The maximum Gasteiger partial charge on any atom is 0.128 e. The smallest absolute Gasteiger partial charge is 0.128 e. The van der Waals surface area contributed by atoms with Crippen LogP contribution >= 0.6 is 0 Å². The fourth-order valence-corrected chi connectivity index (χ4v) is 3.09. The van der Waals surface area contributed by atoms with Crippen molar-refractivity contribution >= 4 is 0 Å². The largest absolute Gasteiger partial charge is 0.326 e. The van der Waals surface area contributed by atoms with Crippen LogP contribution in [0.25, 0.3) is 0 Å². The van der Waals surface area contributed by atoms with Gasteiger partial charge in [-0.1, -0.05) is 18.2 Å². The summed E-state index contributed by atoms with van der Waals surface area (Å²) in [6, 6.07) is 6.87. The van der Waals surface area contributed by atoms with E-state index in [1.807, 2.05) is 19.1 Å². The number of benzene rings is 1. The van der Waals surface area contributed by atoms with Gasteiger partial charge in [-0.3, -0.25) is 4.90 Å². The highest BCUT2D eigenvalue weighted by Gasteiger charge is 2.39. The Balaban J connectivity index is 2.38. The molecule has 100 valence electrons. The molecule has 2 unspecified atom stereocenters. The van der Waals surface area contributed by atoms with Crippen LogP contribution in [0.2, 0.25) is 0 Å². The van der Waals surface area contributed by atoms with Crippen molar-refractivity contribution in [1.29, 1.82) is 0 Å². The summed E-state index contributed by atoms with van der Waals surface area (Å²) in [5.74, 6) is -0.150. The summed E-state index contributed by atoms with van der Waals surface area (Å²) in [5, 5.41) is 0. The Kier molecular flexibility index (Phi) is 3.74. The topological polar surface area (TPSA) is 29.3 Å². The van der Waals surface area contributed by atoms with E-state index in [1.165, 1.54) is 6.07 Å². The number of nitrogens with zero attached hydrogens (tertiary/aromatic N) is 1. The summed E-state index contributed by atoms with van der Waals surface area (Å²) in [5.41, 5.74) is 6.95. The molecule has 1 saturated heterocycles. The summed E-state index contributed by atoms with van der Waals surface area (Å²) in [7, 11) is 0. The molecule has 2 nitrogen and oxygen atoms in total. The molecule has 0 amide bonds. The molecule has 0 aliphatic carbocycles. The van der Waals surface area contributed by atoms with Gasteiger partial charge in [0.25, 0.3) is 0 Å². The second-order valence-corrected chi connectivity index (χ2v) is 5.93. The summed E-state index contributed by atoms with van der Waals surface area (Å²) < 4.78 is 14.0. The minimum atomic E-state index is -0.150. The normalized spacial score (nSPS) is 22.9. The van der Waals surface area contributed by atoms with E-state index in [2.05, 4.69) is 18.7 Å². The highest BCUT2D eigenvalue weighted by molar-refractivity contribution is 5.23. The summed E-state index contributed by atoms with van der Waals surface area (Å²) in [6.45, 7) is 7.39. The molecule has 1 aromatic rings. The number of hydrogen-bond acceptors (Lipinski definition) is 2. The Hall–Kier alpha value is -0.930. The molecule has 0 spiro atoms. The van der Waals surface area contributed by atoms with Gasteiger partial charge in [-0.25, -0.2) is 4.39 Å². The lowest BCUT2D eigenvalue weighted by atomic mass is 9.93. The Bertz CT molecular complexity index is 415. The van der Waals surface area contributed by atoms with E-state index in [4.69, 9.17) is 5.73 Å². The van der Waals surface area contributed by atoms with E-state index >= 15 is 0 Å². The third kappa shape index (κ3) is 2.43. The first-order valence-electron chi connectivity index (χ1n) is 6.70. The lowest BCUT2D eigenvalue weighted by Gasteiger charge is -2.40.